The highest BCUT2D eigenvalue weighted by atomic mass is 16.5. The molecule has 1 fully saturated rings. The van der Waals surface area contributed by atoms with Crippen LogP contribution in [-0.4, -0.2) is 47.8 Å². The van der Waals surface area contributed by atoms with Crippen LogP contribution in [0.3, 0.4) is 0 Å². The second-order valence-electron chi connectivity index (χ2n) is 9.10. The van der Waals surface area contributed by atoms with E-state index in [9.17, 15) is 9.90 Å². The second kappa shape index (κ2) is 10.4. The average molecular weight is 451 g/mol. The number of H-pyrrole nitrogens is 1. The molecular weight excluding hydrogens is 416 g/mol. The average Bonchev–Trinajstić information content (AvgIpc) is 3.31. The van der Waals surface area contributed by atoms with Crippen molar-refractivity contribution in [2.75, 3.05) is 26.9 Å². The van der Waals surface area contributed by atoms with E-state index >= 15 is 0 Å². The van der Waals surface area contributed by atoms with Gasteiger partial charge in [-0.15, -0.1) is 0 Å². The number of nitrogens with zero attached hydrogens (tertiary/aromatic N) is 1. The first-order valence-electron chi connectivity index (χ1n) is 11.8. The normalized spacial score (nSPS) is 20.6. The van der Waals surface area contributed by atoms with Crippen LogP contribution in [0.15, 0.2) is 42.6 Å². The summed E-state index contributed by atoms with van der Waals surface area (Å²) in [5.74, 6) is 0.248. The van der Waals surface area contributed by atoms with Crippen LogP contribution in [-0.2, 0) is 11.3 Å². The van der Waals surface area contributed by atoms with Crippen molar-refractivity contribution in [1.29, 1.82) is 0 Å². The van der Waals surface area contributed by atoms with Gasteiger partial charge in [0.15, 0.2) is 0 Å². The number of aromatic carboxylic acids is 1. The van der Waals surface area contributed by atoms with Crippen LogP contribution in [0.4, 0.5) is 0 Å². The number of hydrogen-bond acceptors (Lipinski definition) is 4. The van der Waals surface area contributed by atoms with Crippen LogP contribution in [0.5, 0.6) is 5.75 Å². The number of rotatable bonds is 5. The van der Waals surface area contributed by atoms with E-state index in [0.29, 0.717) is 12.2 Å². The highest BCUT2D eigenvalue weighted by Gasteiger charge is 2.29. The van der Waals surface area contributed by atoms with E-state index in [1.165, 1.54) is 16.5 Å². The topological polar surface area (TPSA) is 74.8 Å². The Morgan fingerprint density at radius 2 is 2.00 bits per heavy atom. The number of carboxylic acids is 1. The zero-order valence-electron chi connectivity index (χ0n) is 19.8. The molecule has 0 saturated carbocycles. The lowest BCUT2D eigenvalue weighted by Gasteiger charge is -2.37. The summed E-state index contributed by atoms with van der Waals surface area (Å²) in [6.45, 7) is 7.49. The Morgan fingerprint density at radius 1 is 1.21 bits per heavy atom. The standard InChI is InChI=1S/C27H34N2O4/c1-18-15-24(32-3)23(22-11-12-28-25(18)22)16-29-13-5-4-6-14-33-17-19(2)26(29)20-7-9-21(10-8-20)27(30)31/h7-12,15,19,26,28H,4-6,13-14,16-17H2,1-3H3,(H,30,31)/t19?,26-/m0/s1. The predicted molar refractivity (Wildman–Crippen MR) is 130 cm³/mol. The number of ether oxygens (including phenoxy) is 2. The maximum absolute atomic E-state index is 11.4. The first-order chi connectivity index (χ1) is 16.0. The van der Waals surface area contributed by atoms with Gasteiger partial charge in [-0.2, -0.15) is 0 Å². The molecule has 1 aromatic heterocycles. The zero-order chi connectivity index (χ0) is 23.4. The SMILES string of the molecule is COc1cc(C)c2[nH]ccc2c1CN1CCCCCOCC(C)[C@H]1c1ccc(C(=O)O)cc1. The van der Waals surface area contributed by atoms with Crippen molar-refractivity contribution >= 4 is 16.9 Å². The molecule has 4 rings (SSSR count). The number of aromatic amines is 1. The molecule has 1 unspecified atom stereocenters. The lowest BCUT2D eigenvalue weighted by atomic mass is 9.91. The highest BCUT2D eigenvalue weighted by Crippen LogP contribution is 2.36. The van der Waals surface area contributed by atoms with E-state index in [1.54, 1.807) is 19.2 Å². The summed E-state index contributed by atoms with van der Waals surface area (Å²) in [5.41, 5.74) is 4.91. The quantitative estimate of drug-likeness (QED) is 0.532. The number of aryl methyl sites for hydroxylation is 1. The largest absolute Gasteiger partial charge is 0.496 e. The summed E-state index contributed by atoms with van der Waals surface area (Å²) >= 11 is 0. The molecule has 2 N–H and O–H groups in total. The summed E-state index contributed by atoms with van der Waals surface area (Å²) in [7, 11) is 1.73. The van der Waals surface area contributed by atoms with Gasteiger partial charge in [-0.1, -0.05) is 19.1 Å². The molecule has 33 heavy (non-hydrogen) atoms. The Balaban J connectivity index is 1.76. The van der Waals surface area contributed by atoms with Crippen LogP contribution in [0.25, 0.3) is 10.9 Å². The van der Waals surface area contributed by atoms with Crippen molar-refractivity contribution in [2.45, 2.75) is 45.7 Å². The molecule has 1 aliphatic heterocycles. The van der Waals surface area contributed by atoms with Crippen molar-refractivity contribution < 1.29 is 19.4 Å². The number of carboxylic acid groups (broad SMARTS) is 1. The molecule has 176 valence electrons. The van der Waals surface area contributed by atoms with Crippen LogP contribution in [0.1, 0.15) is 59.3 Å². The molecule has 0 bridgehead atoms. The first-order valence-corrected chi connectivity index (χ1v) is 11.8. The predicted octanol–water partition coefficient (Wildman–Crippen LogP) is 5.56. The van der Waals surface area contributed by atoms with Crippen molar-refractivity contribution in [1.82, 2.24) is 9.88 Å². The third kappa shape index (κ3) is 5.07. The Labute approximate surface area is 195 Å². The van der Waals surface area contributed by atoms with Crippen molar-refractivity contribution in [3.8, 4) is 5.75 Å². The summed E-state index contributed by atoms with van der Waals surface area (Å²) in [6.07, 6.45) is 5.28. The van der Waals surface area contributed by atoms with E-state index < -0.39 is 5.97 Å². The number of methoxy groups -OCH3 is 1. The molecule has 6 heteroatoms. The fraction of sp³-hybridized carbons (Fsp3) is 0.444. The fourth-order valence-electron chi connectivity index (χ4n) is 5.08. The molecule has 0 aliphatic carbocycles. The second-order valence-corrected chi connectivity index (χ2v) is 9.10. The van der Waals surface area contributed by atoms with Gasteiger partial charge in [-0.25, -0.2) is 4.79 Å². The monoisotopic (exact) mass is 450 g/mol. The zero-order valence-corrected chi connectivity index (χ0v) is 19.8. The maximum Gasteiger partial charge on any atom is 0.335 e. The minimum Gasteiger partial charge on any atom is -0.496 e. The van der Waals surface area contributed by atoms with Gasteiger partial charge in [0.05, 0.1) is 19.3 Å². The molecule has 1 aliphatic rings. The summed E-state index contributed by atoms with van der Waals surface area (Å²) in [6, 6.07) is 11.7. The Morgan fingerprint density at radius 3 is 2.73 bits per heavy atom. The van der Waals surface area contributed by atoms with Crippen molar-refractivity contribution in [3.05, 3.63) is 64.8 Å². The summed E-state index contributed by atoms with van der Waals surface area (Å²) < 4.78 is 11.8. The van der Waals surface area contributed by atoms with Crippen molar-refractivity contribution in [2.24, 2.45) is 5.92 Å². The van der Waals surface area contributed by atoms with Crippen molar-refractivity contribution in [3.63, 3.8) is 0 Å². The van der Waals surface area contributed by atoms with E-state index in [-0.39, 0.29) is 12.0 Å². The molecule has 2 atom stereocenters. The van der Waals surface area contributed by atoms with E-state index in [4.69, 9.17) is 9.47 Å². The molecule has 0 amide bonds. The molecule has 0 spiro atoms. The maximum atomic E-state index is 11.4. The minimum absolute atomic E-state index is 0.103. The third-order valence-corrected chi connectivity index (χ3v) is 6.74. The van der Waals surface area contributed by atoms with Gasteiger partial charge in [0.1, 0.15) is 5.75 Å². The molecule has 1 saturated heterocycles. The van der Waals surface area contributed by atoms with Gasteiger partial charge in [-0.3, -0.25) is 4.90 Å². The van der Waals surface area contributed by atoms with Crippen LogP contribution in [0, 0.1) is 12.8 Å². The smallest absolute Gasteiger partial charge is 0.335 e. The number of carbonyl (C=O) groups is 1. The van der Waals surface area contributed by atoms with Gasteiger partial charge in [0.2, 0.25) is 0 Å². The minimum atomic E-state index is -0.903. The number of fused-ring (bicyclic) bond motifs is 1. The molecule has 2 heterocycles. The Hall–Kier alpha value is -2.83. The van der Waals surface area contributed by atoms with E-state index in [2.05, 4.69) is 35.9 Å². The van der Waals surface area contributed by atoms with Gasteiger partial charge in [0.25, 0.3) is 0 Å². The van der Waals surface area contributed by atoms with Crippen LogP contribution in [0.2, 0.25) is 0 Å². The summed E-state index contributed by atoms with van der Waals surface area (Å²) in [5, 5.41) is 10.5. The number of hydrogen-bond donors (Lipinski definition) is 2. The lowest BCUT2D eigenvalue weighted by molar-refractivity contribution is 0.0400. The fourth-order valence-corrected chi connectivity index (χ4v) is 5.08. The van der Waals surface area contributed by atoms with Gasteiger partial charge < -0.3 is 19.6 Å². The van der Waals surface area contributed by atoms with Gasteiger partial charge >= 0.3 is 5.97 Å². The molecule has 6 nitrogen and oxygen atoms in total. The number of aromatic nitrogens is 1. The molecular formula is C27H34N2O4. The first kappa shape index (κ1) is 23.3. The molecule has 2 aromatic carbocycles. The van der Waals surface area contributed by atoms with Crippen LogP contribution >= 0.6 is 0 Å². The Bertz CT molecular complexity index is 1090. The van der Waals surface area contributed by atoms with Gasteiger partial charge in [-0.05, 0) is 74.0 Å². The van der Waals surface area contributed by atoms with Gasteiger partial charge in [0, 0.05) is 41.9 Å². The third-order valence-electron chi connectivity index (χ3n) is 6.74. The summed E-state index contributed by atoms with van der Waals surface area (Å²) in [4.78, 5) is 17.3. The van der Waals surface area contributed by atoms with E-state index in [1.807, 2.05) is 18.3 Å². The molecule has 0 radical (unpaired) electrons. The number of benzene rings is 2. The lowest BCUT2D eigenvalue weighted by Crippen LogP contribution is -2.36. The highest BCUT2D eigenvalue weighted by molar-refractivity contribution is 5.88. The molecule has 3 aromatic rings. The Kier molecular flexibility index (Phi) is 7.36. The van der Waals surface area contributed by atoms with E-state index in [0.717, 1.165) is 55.8 Å². The number of nitrogens with one attached hydrogen (secondary N) is 1. The van der Waals surface area contributed by atoms with Crippen LogP contribution < -0.4 is 4.74 Å².